The average Bonchev–Trinajstić information content (AvgIpc) is 2.68. The van der Waals surface area contributed by atoms with Gasteiger partial charge in [-0.15, -0.1) is 11.8 Å². The Bertz CT molecular complexity index is 828. The van der Waals surface area contributed by atoms with Crippen molar-refractivity contribution in [2.45, 2.75) is 18.6 Å². The van der Waals surface area contributed by atoms with E-state index in [9.17, 15) is 14.4 Å². The third-order valence-electron chi connectivity index (χ3n) is 3.68. The van der Waals surface area contributed by atoms with Crippen molar-refractivity contribution >= 4 is 63.4 Å². The first-order valence-corrected chi connectivity index (χ1v) is 10.5. The number of thioether (sulfide) groups is 1. The Labute approximate surface area is 181 Å². The summed E-state index contributed by atoms with van der Waals surface area (Å²) in [7, 11) is 0. The maximum absolute atomic E-state index is 12.2. The number of rotatable bonds is 8. The lowest BCUT2D eigenvalue weighted by Crippen LogP contribution is -2.40. The van der Waals surface area contributed by atoms with Gasteiger partial charge in [-0.1, -0.05) is 17.7 Å². The maximum Gasteiger partial charge on any atom is 0.247 e. The minimum atomic E-state index is -0.780. The highest BCUT2D eigenvalue weighted by Crippen LogP contribution is 2.18. The largest absolute Gasteiger partial charge is 0.326 e. The number of halogens is 1. The molecule has 2 aromatic carbocycles. The second-order valence-corrected chi connectivity index (χ2v) is 8.42. The van der Waals surface area contributed by atoms with Gasteiger partial charge in [0.15, 0.2) is 0 Å². The van der Waals surface area contributed by atoms with Gasteiger partial charge in [0.1, 0.15) is 0 Å². The topological polar surface area (TPSA) is 113 Å². The quantitative estimate of drug-likeness (QED) is 0.188. The van der Waals surface area contributed by atoms with E-state index >= 15 is 0 Å². The van der Waals surface area contributed by atoms with E-state index in [0.717, 1.165) is 20.9 Å². The fourth-order valence-electron chi connectivity index (χ4n) is 2.24. The zero-order valence-corrected chi connectivity index (χ0v) is 18.2. The number of anilines is 2. The summed E-state index contributed by atoms with van der Waals surface area (Å²) in [6, 6.07) is 14.7. The molecule has 0 spiro atoms. The number of amides is 3. The van der Waals surface area contributed by atoms with Gasteiger partial charge in [0.05, 0.1) is 11.0 Å². The molecule has 0 heterocycles. The van der Waals surface area contributed by atoms with Gasteiger partial charge in [0.25, 0.3) is 0 Å². The van der Waals surface area contributed by atoms with Crippen LogP contribution in [0.3, 0.4) is 0 Å². The van der Waals surface area contributed by atoms with Crippen molar-refractivity contribution in [3.05, 3.63) is 57.7 Å². The Morgan fingerprint density at radius 1 is 0.964 bits per heavy atom. The van der Waals surface area contributed by atoms with Crippen molar-refractivity contribution in [3.8, 4) is 0 Å². The molecule has 0 aromatic heterocycles. The van der Waals surface area contributed by atoms with E-state index in [1.54, 1.807) is 24.3 Å². The van der Waals surface area contributed by atoms with Gasteiger partial charge in [-0.2, -0.15) is 0 Å². The van der Waals surface area contributed by atoms with Gasteiger partial charge in [-0.25, -0.2) is 5.84 Å². The van der Waals surface area contributed by atoms with Crippen LogP contribution in [0.2, 0.25) is 0 Å². The first-order valence-electron chi connectivity index (χ1n) is 8.41. The van der Waals surface area contributed by atoms with Crippen molar-refractivity contribution in [2.75, 3.05) is 16.4 Å². The van der Waals surface area contributed by atoms with Gasteiger partial charge in [0.2, 0.25) is 17.7 Å². The molecular formula is C19H21IN4O3S. The first-order chi connectivity index (χ1) is 13.4. The third kappa shape index (κ3) is 7.49. The Kier molecular flexibility index (Phi) is 8.74. The Balaban J connectivity index is 1.88. The summed E-state index contributed by atoms with van der Waals surface area (Å²) in [6.07, 6.45) is -0.0997. The fraction of sp³-hybridized carbons (Fsp3) is 0.211. The van der Waals surface area contributed by atoms with Crippen LogP contribution in [-0.2, 0) is 14.4 Å². The number of aryl methyl sites for hydroxylation is 1. The molecule has 0 saturated heterocycles. The Morgan fingerprint density at radius 3 is 2.07 bits per heavy atom. The number of carbonyl (C=O) groups excluding carboxylic acids is 3. The number of hydrogen-bond acceptors (Lipinski definition) is 5. The number of nitrogens with two attached hydrogens (primary N) is 1. The smallest absolute Gasteiger partial charge is 0.247 e. The molecule has 0 aliphatic rings. The van der Waals surface area contributed by atoms with Crippen LogP contribution in [0.4, 0.5) is 11.4 Å². The van der Waals surface area contributed by atoms with Crippen LogP contribution in [0.25, 0.3) is 0 Å². The number of nitrogens with one attached hydrogen (secondary N) is 3. The van der Waals surface area contributed by atoms with Gasteiger partial charge in [0, 0.05) is 21.4 Å². The highest BCUT2D eigenvalue weighted by atomic mass is 127. The summed E-state index contributed by atoms with van der Waals surface area (Å²) < 4.78 is 1.05. The fourth-order valence-corrected chi connectivity index (χ4v) is 3.52. The molecule has 3 amide bonds. The molecule has 9 heteroatoms. The summed E-state index contributed by atoms with van der Waals surface area (Å²) in [4.78, 5) is 36.4. The van der Waals surface area contributed by atoms with Crippen LogP contribution < -0.4 is 21.9 Å². The summed E-state index contributed by atoms with van der Waals surface area (Å²) in [5, 5.41) is 4.71. The SMILES string of the molecule is Cc1ccc(NC(=O)CSC(CC(=O)Nc2ccc(I)cc2)C(=O)NN)cc1. The normalized spacial score (nSPS) is 11.4. The molecule has 0 aliphatic carbocycles. The lowest BCUT2D eigenvalue weighted by Gasteiger charge is -2.15. The molecule has 1 atom stereocenters. The van der Waals surface area contributed by atoms with E-state index in [0.29, 0.717) is 11.4 Å². The van der Waals surface area contributed by atoms with E-state index in [2.05, 4.69) is 33.2 Å². The Hall–Kier alpha value is -2.11. The van der Waals surface area contributed by atoms with Crippen LogP contribution in [0, 0.1) is 10.5 Å². The molecule has 148 valence electrons. The molecule has 28 heavy (non-hydrogen) atoms. The van der Waals surface area contributed by atoms with E-state index < -0.39 is 11.2 Å². The molecular weight excluding hydrogens is 491 g/mol. The lowest BCUT2D eigenvalue weighted by molar-refractivity contribution is -0.123. The molecule has 2 rings (SSSR count). The van der Waals surface area contributed by atoms with Crippen LogP contribution >= 0.6 is 34.4 Å². The molecule has 2 aromatic rings. The number of hydrazine groups is 1. The summed E-state index contributed by atoms with van der Waals surface area (Å²) in [6.45, 7) is 1.96. The highest BCUT2D eigenvalue weighted by molar-refractivity contribution is 14.1. The predicted octanol–water partition coefficient (Wildman–Crippen LogP) is 2.66. The number of carbonyl (C=O) groups is 3. The minimum Gasteiger partial charge on any atom is -0.326 e. The molecule has 1 unspecified atom stereocenters. The first kappa shape index (κ1) is 22.2. The zero-order valence-electron chi connectivity index (χ0n) is 15.2. The van der Waals surface area contributed by atoms with Crippen molar-refractivity contribution in [2.24, 2.45) is 5.84 Å². The maximum atomic E-state index is 12.2. The van der Waals surface area contributed by atoms with E-state index in [-0.39, 0.29) is 24.0 Å². The Morgan fingerprint density at radius 2 is 1.50 bits per heavy atom. The van der Waals surface area contributed by atoms with Crippen LogP contribution in [0.1, 0.15) is 12.0 Å². The van der Waals surface area contributed by atoms with Crippen LogP contribution in [-0.4, -0.2) is 28.7 Å². The highest BCUT2D eigenvalue weighted by Gasteiger charge is 2.23. The molecule has 7 nitrogen and oxygen atoms in total. The zero-order chi connectivity index (χ0) is 20.5. The van der Waals surface area contributed by atoms with E-state index in [1.807, 2.05) is 36.6 Å². The molecule has 5 N–H and O–H groups in total. The second kappa shape index (κ2) is 11.0. The van der Waals surface area contributed by atoms with Crippen molar-refractivity contribution < 1.29 is 14.4 Å². The summed E-state index contributed by atoms with van der Waals surface area (Å²) >= 11 is 3.23. The van der Waals surface area contributed by atoms with Crippen LogP contribution in [0.5, 0.6) is 0 Å². The lowest BCUT2D eigenvalue weighted by atomic mass is 10.2. The molecule has 0 radical (unpaired) electrons. The van der Waals surface area contributed by atoms with Crippen LogP contribution in [0.15, 0.2) is 48.5 Å². The molecule has 0 fully saturated rings. The second-order valence-electron chi connectivity index (χ2n) is 5.98. The van der Waals surface area contributed by atoms with E-state index in [1.165, 1.54) is 0 Å². The third-order valence-corrected chi connectivity index (χ3v) is 5.62. The van der Waals surface area contributed by atoms with Crippen molar-refractivity contribution in [1.29, 1.82) is 0 Å². The van der Waals surface area contributed by atoms with E-state index in [4.69, 9.17) is 5.84 Å². The summed E-state index contributed by atoms with van der Waals surface area (Å²) in [5.74, 6) is 4.13. The van der Waals surface area contributed by atoms with Gasteiger partial charge in [-0.05, 0) is 65.9 Å². The van der Waals surface area contributed by atoms with Gasteiger partial charge in [-0.3, -0.25) is 19.8 Å². The van der Waals surface area contributed by atoms with Gasteiger partial charge >= 0.3 is 0 Å². The van der Waals surface area contributed by atoms with Gasteiger partial charge < -0.3 is 10.6 Å². The number of benzene rings is 2. The molecule has 0 bridgehead atoms. The standard InChI is InChI=1S/C19H21IN4O3S/c1-12-2-6-14(7-3-12)23-18(26)11-28-16(19(27)24-21)10-17(25)22-15-8-4-13(20)5-9-15/h2-9,16H,10-11,21H2,1H3,(H,22,25)(H,23,26)(H,24,27). The molecule has 0 aliphatic heterocycles. The monoisotopic (exact) mass is 512 g/mol. The van der Waals surface area contributed by atoms with Crippen molar-refractivity contribution in [1.82, 2.24) is 5.43 Å². The predicted molar refractivity (Wildman–Crippen MR) is 121 cm³/mol. The minimum absolute atomic E-state index is 0.0166. The van der Waals surface area contributed by atoms with Crippen molar-refractivity contribution in [3.63, 3.8) is 0 Å². The summed E-state index contributed by atoms with van der Waals surface area (Å²) in [5.41, 5.74) is 4.45. The number of hydrogen-bond donors (Lipinski definition) is 4. The molecule has 0 saturated carbocycles. The average molecular weight is 512 g/mol.